The number of para-hydroxylation sites is 1. The third kappa shape index (κ3) is 10.8. The Bertz CT molecular complexity index is 1640. The van der Waals surface area contributed by atoms with Crippen molar-refractivity contribution in [3.05, 3.63) is 129 Å². The highest BCUT2D eigenvalue weighted by Crippen LogP contribution is 2.37. The van der Waals surface area contributed by atoms with E-state index < -0.39 is 5.60 Å². The van der Waals surface area contributed by atoms with E-state index >= 15 is 0 Å². The molecule has 1 fully saturated rings. The molecular weight excluding hydrogens is 680 g/mol. The third-order valence-corrected chi connectivity index (χ3v) is 9.87. The number of nitrogens with zero attached hydrogens (tertiary/aromatic N) is 3. The molecule has 4 aromatic rings. The molecule has 2 aliphatic rings. The summed E-state index contributed by atoms with van der Waals surface area (Å²) in [7, 11) is 4.25. The van der Waals surface area contributed by atoms with Gasteiger partial charge in [0.1, 0.15) is 5.82 Å². The Balaban J connectivity index is 0.000000219. The standard InChI is InChI=1S/C21H23ClFNO2.C19H23ClN2.ClH/c22-18-7-5-17(6-8-18)21(26)11-14-24(15-12-21)13-1-2-20(25)16-3-9-19(23)10-4-16;1-21(2)12-5-13-22-18-7-4-3-6-15(18)8-9-16-10-11-17(20)14-19(16)22;/h3-10,26H,1-2,11-15H2;3-4,6-7,10-11,14H,5,8-9,12-13H2,1-2H3;1H. The largest absolute Gasteiger partial charge is 0.385 e. The molecule has 2 aliphatic heterocycles. The zero-order valence-corrected chi connectivity index (χ0v) is 30.7. The van der Waals surface area contributed by atoms with E-state index in [0.29, 0.717) is 29.8 Å². The number of rotatable bonds is 10. The van der Waals surface area contributed by atoms with Crippen molar-refractivity contribution in [3.63, 3.8) is 0 Å². The van der Waals surface area contributed by atoms with Gasteiger partial charge in [0.25, 0.3) is 0 Å². The van der Waals surface area contributed by atoms with Gasteiger partial charge in [0.05, 0.1) is 5.60 Å². The second-order valence-corrected chi connectivity index (χ2v) is 14.0. The molecule has 0 amide bonds. The summed E-state index contributed by atoms with van der Waals surface area (Å²) in [4.78, 5) is 19.1. The first-order valence-corrected chi connectivity index (χ1v) is 17.6. The van der Waals surface area contributed by atoms with Gasteiger partial charge < -0.3 is 19.8 Å². The molecule has 9 heteroatoms. The number of aliphatic hydroxyl groups is 1. The van der Waals surface area contributed by atoms with Crippen molar-refractivity contribution in [2.24, 2.45) is 0 Å². The predicted octanol–water partition coefficient (Wildman–Crippen LogP) is 9.38. The highest BCUT2D eigenvalue weighted by Gasteiger charge is 2.33. The van der Waals surface area contributed by atoms with E-state index in [0.717, 1.165) is 69.0 Å². The fraction of sp³-hybridized carbons (Fsp3) is 0.375. The molecule has 0 radical (unpaired) electrons. The number of anilines is 2. The average Bonchev–Trinajstić information content (AvgIpc) is 3.23. The molecule has 0 aromatic heterocycles. The number of halogens is 4. The van der Waals surface area contributed by atoms with Gasteiger partial charge in [0, 0.05) is 53.0 Å². The molecule has 0 bridgehead atoms. The van der Waals surface area contributed by atoms with Crippen molar-refractivity contribution in [2.75, 3.05) is 51.7 Å². The minimum Gasteiger partial charge on any atom is -0.385 e. The van der Waals surface area contributed by atoms with Crippen LogP contribution in [0.25, 0.3) is 0 Å². The van der Waals surface area contributed by atoms with Crippen LogP contribution in [-0.2, 0) is 18.4 Å². The SMILES string of the molecule is CN(C)CCCN1c2ccccc2CCc2ccc(Cl)cc21.Cl.O=C(CCCN1CCC(O)(c2ccc(Cl)cc2)CC1)c1ccc(F)cc1. The quantitative estimate of drug-likeness (QED) is 0.165. The Labute approximate surface area is 307 Å². The molecule has 0 atom stereocenters. The molecular formula is C40H47Cl3FN3O2. The fourth-order valence-corrected chi connectivity index (χ4v) is 6.90. The summed E-state index contributed by atoms with van der Waals surface area (Å²) < 4.78 is 12.9. The summed E-state index contributed by atoms with van der Waals surface area (Å²) >= 11 is 12.2. The molecule has 0 aliphatic carbocycles. The van der Waals surface area contributed by atoms with Crippen LogP contribution in [0, 0.1) is 5.82 Å². The summed E-state index contributed by atoms with van der Waals surface area (Å²) in [5.41, 5.74) is 6.10. The first-order chi connectivity index (χ1) is 23.1. The molecule has 262 valence electrons. The van der Waals surface area contributed by atoms with Crippen LogP contribution in [-0.4, -0.2) is 67.5 Å². The summed E-state index contributed by atoms with van der Waals surface area (Å²) in [5.74, 6) is -0.289. The predicted molar refractivity (Wildman–Crippen MR) is 204 cm³/mol. The normalized spacial score (nSPS) is 15.3. The Morgan fingerprint density at radius 1 is 0.816 bits per heavy atom. The van der Waals surface area contributed by atoms with Crippen LogP contribution in [0.15, 0.2) is 91.0 Å². The van der Waals surface area contributed by atoms with Gasteiger partial charge >= 0.3 is 0 Å². The van der Waals surface area contributed by atoms with Gasteiger partial charge in [-0.25, -0.2) is 4.39 Å². The van der Waals surface area contributed by atoms with E-state index in [2.05, 4.69) is 65.2 Å². The topological polar surface area (TPSA) is 47.0 Å². The number of likely N-dealkylation sites (tertiary alicyclic amines) is 1. The second kappa shape index (κ2) is 18.3. The zero-order chi connectivity index (χ0) is 34.1. The number of Topliss-reactive ketones (excluding diaryl/α,β-unsaturated/α-hetero) is 1. The summed E-state index contributed by atoms with van der Waals surface area (Å²) in [6.07, 6.45) is 5.84. The van der Waals surface area contributed by atoms with Crippen molar-refractivity contribution >= 4 is 52.8 Å². The molecule has 49 heavy (non-hydrogen) atoms. The summed E-state index contributed by atoms with van der Waals surface area (Å²) in [6.45, 7) is 4.52. The Hall–Kier alpha value is -2.97. The number of piperidine rings is 1. The number of aryl methyl sites for hydroxylation is 2. The Morgan fingerprint density at radius 2 is 1.45 bits per heavy atom. The van der Waals surface area contributed by atoms with Gasteiger partial charge in [-0.15, -0.1) is 12.4 Å². The lowest BCUT2D eigenvalue weighted by Gasteiger charge is -2.38. The highest BCUT2D eigenvalue weighted by atomic mass is 35.5. The van der Waals surface area contributed by atoms with Gasteiger partial charge in [-0.3, -0.25) is 4.79 Å². The molecule has 4 aromatic carbocycles. The monoisotopic (exact) mass is 725 g/mol. The van der Waals surface area contributed by atoms with Crippen LogP contribution in [0.3, 0.4) is 0 Å². The number of carbonyl (C=O) groups is 1. The van der Waals surface area contributed by atoms with Crippen LogP contribution in [0.4, 0.5) is 15.8 Å². The molecule has 5 nitrogen and oxygen atoms in total. The van der Waals surface area contributed by atoms with Gasteiger partial charge in [0.15, 0.2) is 5.78 Å². The van der Waals surface area contributed by atoms with E-state index in [4.69, 9.17) is 23.2 Å². The summed E-state index contributed by atoms with van der Waals surface area (Å²) in [6, 6.07) is 28.2. The number of ketones is 1. The second-order valence-electron chi connectivity index (χ2n) is 13.1. The maximum absolute atomic E-state index is 12.9. The number of hydrogen-bond donors (Lipinski definition) is 1. The van der Waals surface area contributed by atoms with Crippen LogP contribution in [0.2, 0.25) is 10.0 Å². The molecule has 2 heterocycles. The number of fused-ring (bicyclic) bond motifs is 2. The first kappa shape index (κ1) is 38.8. The fourth-order valence-electron chi connectivity index (χ4n) is 6.61. The van der Waals surface area contributed by atoms with E-state index in [1.165, 1.54) is 46.8 Å². The van der Waals surface area contributed by atoms with Crippen molar-refractivity contribution in [1.29, 1.82) is 0 Å². The van der Waals surface area contributed by atoms with E-state index in [-0.39, 0.29) is 24.0 Å². The van der Waals surface area contributed by atoms with Crippen LogP contribution < -0.4 is 4.90 Å². The lowest BCUT2D eigenvalue weighted by Crippen LogP contribution is -2.42. The third-order valence-electron chi connectivity index (χ3n) is 9.38. The van der Waals surface area contributed by atoms with Crippen molar-refractivity contribution in [1.82, 2.24) is 9.80 Å². The van der Waals surface area contributed by atoms with Crippen molar-refractivity contribution < 1.29 is 14.3 Å². The van der Waals surface area contributed by atoms with Gasteiger partial charge in [0.2, 0.25) is 0 Å². The molecule has 1 N–H and O–H groups in total. The van der Waals surface area contributed by atoms with Crippen LogP contribution in [0.5, 0.6) is 0 Å². The van der Waals surface area contributed by atoms with Crippen molar-refractivity contribution in [2.45, 2.75) is 50.5 Å². The maximum atomic E-state index is 12.9. The van der Waals surface area contributed by atoms with Gasteiger partial charge in [-0.1, -0.05) is 59.6 Å². The van der Waals surface area contributed by atoms with E-state index in [1.807, 2.05) is 30.3 Å². The van der Waals surface area contributed by atoms with Gasteiger partial charge in [-0.2, -0.15) is 0 Å². The number of hydrogen-bond acceptors (Lipinski definition) is 5. The van der Waals surface area contributed by atoms with E-state index in [1.54, 1.807) is 0 Å². The van der Waals surface area contributed by atoms with Gasteiger partial charge in [-0.05, 0) is 137 Å². The van der Waals surface area contributed by atoms with E-state index in [9.17, 15) is 14.3 Å². The molecule has 0 saturated carbocycles. The first-order valence-electron chi connectivity index (χ1n) is 16.9. The summed E-state index contributed by atoms with van der Waals surface area (Å²) in [5, 5.41) is 12.4. The minimum absolute atomic E-state index is 0. The maximum Gasteiger partial charge on any atom is 0.162 e. The van der Waals surface area contributed by atoms with Crippen LogP contribution in [0.1, 0.15) is 59.2 Å². The smallest absolute Gasteiger partial charge is 0.162 e. The molecule has 0 spiro atoms. The Kier molecular flexibility index (Phi) is 14.5. The highest BCUT2D eigenvalue weighted by molar-refractivity contribution is 6.31. The molecule has 6 rings (SSSR count). The van der Waals surface area contributed by atoms with Crippen molar-refractivity contribution in [3.8, 4) is 0 Å². The van der Waals surface area contributed by atoms with Crippen LogP contribution >= 0.6 is 35.6 Å². The molecule has 1 saturated heterocycles. The average molecular weight is 727 g/mol. The Morgan fingerprint density at radius 3 is 2.12 bits per heavy atom. The number of benzene rings is 4. The minimum atomic E-state index is -0.801. The lowest BCUT2D eigenvalue weighted by atomic mass is 9.84. The number of carbonyl (C=O) groups excluding carboxylic acids is 1. The molecule has 0 unspecified atom stereocenters. The lowest BCUT2D eigenvalue weighted by molar-refractivity contribution is -0.0260. The zero-order valence-electron chi connectivity index (χ0n) is 28.4.